The number of likely N-dealkylation sites (tertiary alicyclic amines) is 1. The maximum absolute atomic E-state index is 6.03. The van der Waals surface area contributed by atoms with Crippen molar-refractivity contribution in [3.63, 3.8) is 0 Å². The van der Waals surface area contributed by atoms with E-state index in [0.717, 1.165) is 44.1 Å². The fraction of sp³-hybridized carbons (Fsp3) is 0.579. The number of rotatable bonds is 5. The number of ether oxygens (including phenoxy) is 2. The number of pyridine rings is 1. The van der Waals surface area contributed by atoms with Crippen molar-refractivity contribution in [2.75, 3.05) is 26.3 Å². The Morgan fingerprint density at radius 1 is 1.32 bits per heavy atom. The van der Waals surface area contributed by atoms with Crippen LogP contribution in [0.4, 0.5) is 0 Å². The second kappa shape index (κ2) is 7.14. The van der Waals surface area contributed by atoms with Crippen LogP contribution < -0.4 is 4.74 Å². The van der Waals surface area contributed by atoms with E-state index in [4.69, 9.17) is 14.0 Å². The van der Waals surface area contributed by atoms with Crippen LogP contribution in [0, 0.1) is 12.3 Å². The molecular formula is C19H25N3O3. The normalized spacial score (nSPS) is 23.2. The molecule has 0 radical (unpaired) electrons. The van der Waals surface area contributed by atoms with E-state index in [-0.39, 0.29) is 6.10 Å². The topological polar surface area (TPSA) is 60.6 Å². The minimum absolute atomic E-state index is 0.173. The van der Waals surface area contributed by atoms with Gasteiger partial charge in [0.2, 0.25) is 5.88 Å². The molecule has 0 saturated carbocycles. The van der Waals surface area contributed by atoms with E-state index in [9.17, 15) is 0 Å². The summed E-state index contributed by atoms with van der Waals surface area (Å²) in [6.07, 6.45) is 5.34. The third-order valence-corrected chi connectivity index (χ3v) is 5.32. The molecule has 1 atom stereocenters. The van der Waals surface area contributed by atoms with Gasteiger partial charge in [-0.2, -0.15) is 0 Å². The molecule has 2 aromatic heterocycles. The number of aromatic nitrogens is 2. The molecule has 6 heteroatoms. The third-order valence-electron chi connectivity index (χ3n) is 5.32. The van der Waals surface area contributed by atoms with Crippen molar-refractivity contribution in [3.8, 4) is 5.88 Å². The lowest BCUT2D eigenvalue weighted by Gasteiger charge is -2.38. The quantitative estimate of drug-likeness (QED) is 0.832. The van der Waals surface area contributed by atoms with Crippen molar-refractivity contribution in [2.24, 2.45) is 5.41 Å². The molecule has 25 heavy (non-hydrogen) atoms. The smallest absolute Gasteiger partial charge is 0.213 e. The fourth-order valence-electron chi connectivity index (χ4n) is 3.87. The predicted molar refractivity (Wildman–Crippen MR) is 92.3 cm³/mol. The number of piperidine rings is 1. The van der Waals surface area contributed by atoms with E-state index in [1.54, 1.807) is 6.20 Å². The summed E-state index contributed by atoms with van der Waals surface area (Å²) in [7, 11) is 0. The Kier molecular flexibility index (Phi) is 4.72. The van der Waals surface area contributed by atoms with Crippen LogP contribution in [0.2, 0.25) is 0 Å². The first-order valence-corrected chi connectivity index (χ1v) is 9.01. The van der Waals surface area contributed by atoms with Gasteiger partial charge >= 0.3 is 0 Å². The van der Waals surface area contributed by atoms with E-state index in [1.165, 1.54) is 12.8 Å². The van der Waals surface area contributed by atoms with Gasteiger partial charge in [0.15, 0.2) is 0 Å². The number of aryl methyl sites for hydroxylation is 1. The number of hydrogen-bond acceptors (Lipinski definition) is 6. The lowest BCUT2D eigenvalue weighted by atomic mass is 9.76. The number of hydrogen-bond donors (Lipinski definition) is 0. The van der Waals surface area contributed by atoms with Crippen LogP contribution in [0.1, 0.15) is 30.7 Å². The van der Waals surface area contributed by atoms with E-state index in [1.807, 2.05) is 31.2 Å². The summed E-state index contributed by atoms with van der Waals surface area (Å²) in [6.45, 7) is 6.41. The molecular weight excluding hydrogens is 318 g/mol. The summed E-state index contributed by atoms with van der Waals surface area (Å²) in [5.41, 5.74) is 1.34. The van der Waals surface area contributed by atoms with Gasteiger partial charge in [0.1, 0.15) is 12.4 Å². The summed E-state index contributed by atoms with van der Waals surface area (Å²) < 4.78 is 16.9. The van der Waals surface area contributed by atoms with Crippen LogP contribution >= 0.6 is 0 Å². The zero-order valence-corrected chi connectivity index (χ0v) is 14.7. The summed E-state index contributed by atoms with van der Waals surface area (Å²) >= 11 is 0. The van der Waals surface area contributed by atoms with E-state index >= 15 is 0 Å². The van der Waals surface area contributed by atoms with Crippen LogP contribution in [0.5, 0.6) is 5.88 Å². The van der Waals surface area contributed by atoms with Crippen molar-refractivity contribution < 1.29 is 14.0 Å². The highest BCUT2D eigenvalue weighted by atomic mass is 16.5. The largest absolute Gasteiger partial charge is 0.475 e. The highest BCUT2D eigenvalue weighted by Gasteiger charge is 2.42. The summed E-state index contributed by atoms with van der Waals surface area (Å²) in [5, 5.41) is 4.10. The minimum Gasteiger partial charge on any atom is -0.475 e. The van der Waals surface area contributed by atoms with Gasteiger partial charge < -0.3 is 14.0 Å². The number of nitrogens with zero attached hydrogens (tertiary/aromatic N) is 3. The predicted octanol–water partition coefficient (Wildman–Crippen LogP) is 2.83. The summed E-state index contributed by atoms with van der Waals surface area (Å²) in [5.74, 6) is 1.55. The highest BCUT2D eigenvalue weighted by molar-refractivity contribution is 5.09. The van der Waals surface area contributed by atoms with Gasteiger partial charge in [0.05, 0.1) is 18.4 Å². The second-order valence-electron chi connectivity index (χ2n) is 7.32. The van der Waals surface area contributed by atoms with Gasteiger partial charge in [-0.05, 0) is 50.8 Å². The van der Waals surface area contributed by atoms with Gasteiger partial charge in [0.25, 0.3) is 0 Å². The van der Waals surface area contributed by atoms with Gasteiger partial charge in [0, 0.05) is 24.9 Å². The molecule has 2 aromatic rings. The molecule has 2 saturated heterocycles. The summed E-state index contributed by atoms with van der Waals surface area (Å²) in [4.78, 5) is 6.66. The first kappa shape index (κ1) is 16.5. The van der Waals surface area contributed by atoms with Crippen molar-refractivity contribution in [1.29, 1.82) is 0 Å². The van der Waals surface area contributed by atoms with E-state index in [0.29, 0.717) is 17.9 Å². The van der Waals surface area contributed by atoms with Crippen LogP contribution in [0.3, 0.4) is 0 Å². The van der Waals surface area contributed by atoms with Crippen LogP contribution in [-0.4, -0.2) is 47.4 Å². The van der Waals surface area contributed by atoms with Crippen molar-refractivity contribution >= 4 is 0 Å². The fourth-order valence-corrected chi connectivity index (χ4v) is 3.87. The molecule has 2 aliphatic rings. The van der Waals surface area contributed by atoms with Gasteiger partial charge in [-0.25, -0.2) is 4.98 Å². The molecule has 2 fully saturated rings. The lowest BCUT2D eigenvalue weighted by molar-refractivity contribution is 0.0460. The Balaban J connectivity index is 1.24. The van der Waals surface area contributed by atoms with Gasteiger partial charge in [-0.1, -0.05) is 11.2 Å². The van der Waals surface area contributed by atoms with Crippen LogP contribution in [-0.2, 0) is 11.3 Å². The first-order chi connectivity index (χ1) is 12.2. The molecule has 0 N–H and O–H groups in total. The SMILES string of the molecule is Cc1cc(CN2CCC3(CC2)CO[C@@H](COc2ccccn2)C3)no1. The summed E-state index contributed by atoms with van der Waals surface area (Å²) in [6, 6.07) is 7.73. The molecule has 0 aliphatic carbocycles. The third kappa shape index (κ3) is 4.02. The molecule has 4 rings (SSSR count). The monoisotopic (exact) mass is 343 g/mol. The van der Waals surface area contributed by atoms with Gasteiger partial charge in [-0.15, -0.1) is 0 Å². The van der Waals surface area contributed by atoms with Crippen molar-refractivity contribution in [2.45, 2.75) is 38.8 Å². The molecule has 0 unspecified atom stereocenters. The zero-order valence-electron chi connectivity index (χ0n) is 14.7. The Hall–Kier alpha value is -1.92. The minimum atomic E-state index is 0.173. The van der Waals surface area contributed by atoms with E-state index in [2.05, 4.69) is 15.0 Å². The Labute approximate surface area is 148 Å². The Bertz CT molecular complexity index is 680. The molecule has 4 heterocycles. The Morgan fingerprint density at radius 2 is 2.20 bits per heavy atom. The van der Waals surface area contributed by atoms with Crippen molar-refractivity contribution in [1.82, 2.24) is 15.0 Å². The van der Waals surface area contributed by atoms with Crippen molar-refractivity contribution in [3.05, 3.63) is 41.9 Å². The molecule has 2 aliphatic heterocycles. The van der Waals surface area contributed by atoms with Crippen LogP contribution in [0.15, 0.2) is 35.0 Å². The molecule has 0 aromatic carbocycles. The zero-order chi connectivity index (χ0) is 17.1. The average Bonchev–Trinajstić information content (AvgIpc) is 3.23. The molecule has 6 nitrogen and oxygen atoms in total. The molecule has 134 valence electrons. The molecule has 0 bridgehead atoms. The second-order valence-corrected chi connectivity index (χ2v) is 7.32. The van der Waals surface area contributed by atoms with Crippen LogP contribution in [0.25, 0.3) is 0 Å². The molecule has 1 spiro atoms. The van der Waals surface area contributed by atoms with Gasteiger partial charge in [-0.3, -0.25) is 4.90 Å². The lowest BCUT2D eigenvalue weighted by Crippen LogP contribution is -2.40. The molecule has 0 amide bonds. The average molecular weight is 343 g/mol. The standard InChI is InChI=1S/C19H25N3O3/c1-15-10-16(21-25-15)12-22-8-5-19(6-9-22)11-17(24-14-19)13-23-18-4-2-3-7-20-18/h2-4,7,10,17H,5-6,8-9,11-14H2,1H3/t17-/m1/s1. The maximum Gasteiger partial charge on any atom is 0.213 e. The highest BCUT2D eigenvalue weighted by Crippen LogP contribution is 2.42. The maximum atomic E-state index is 6.03. The Morgan fingerprint density at radius 3 is 2.92 bits per heavy atom. The first-order valence-electron chi connectivity index (χ1n) is 9.01. The van der Waals surface area contributed by atoms with E-state index < -0.39 is 0 Å².